The number of hydrogen-bond donors (Lipinski definition) is 0. The summed E-state index contributed by atoms with van der Waals surface area (Å²) in [5, 5.41) is 0.396. The molecule has 1 saturated carbocycles. The third-order valence-electron chi connectivity index (χ3n) is 4.03. The molecule has 1 aliphatic carbocycles. The van der Waals surface area contributed by atoms with Crippen LogP contribution in [-0.4, -0.2) is 18.5 Å². The van der Waals surface area contributed by atoms with Crippen molar-refractivity contribution in [3.63, 3.8) is 0 Å². The Hall–Kier alpha value is -1.55. The van der Waals surface area contributed by atoms with Crippen LogP contribution < -0.4 is 4.74 Å². The molecule has 0 unspecified atom stereocenters. The molecular formula is C18H23ClO4. The molecular weight excluding hydrogens is 316 g/mol. The van der Waals surface area contributed by atoms with E-state index in [1.54, 1.807) is 24.3 Å². The zero-order chi connectivity index (χ0) is 16.5. The summed E-state index contributed by atoms with van der Waals surface area (Å²) in [6, 6.07) is 6.81. The summed E-state index contributed by atoms with van der Waals surface area (Å²) in [5.74, 6) is 0.233. The average Bonchev–Trinajstić information content (AvgIpc) is 2.56. The highest BCUT2D eigenvalue weighted by molar-refractivity contribution is 6.32. The quantitative estimate of drug-likeness (QED) is 0.541. The van der Waals surface area contributed by atoms with E-state index in [-0.39, 0.29) is 18.8 Å². The summed E-state index contributed by atoms with van der Waals surface area (Å²) >= 11 is 5.92. The van der Waals surface area contributed by atoms with Crippen molar-refractivity contribution in [2.75, 3.05) is 6.61 Å². The van der Waals surface area contributed by atoms with Crippen molar-refractivity contribution in [2.24, 2.45) is 5.92 Å². The maximum atomic E-state index is 11.7. The van der Waals surface area contributed by atoms with Crippen LogP contribution >= 0.6 is 11.6 Å². The second-order valence-corrected chi connectivity index (χ2v) is 6.35. The summed E-state index contributed by atoms with van der Waals surface area (Å²) < 4.78 is 10.4. The van der Waals surface area contributed by atoms with Crippen molar-refractivity contribution < 1.29 is 19.1 Å². The van der Waals surface area contributed by atoms with Gasteiger partial charge in [0.1, 0.15) is 5.75 Å². The zero-order valence-electron chi connectivity index (χ0n) is 13.3. The van der Waals surface area contributed by atoms with Gasteiger partial charge in [0, 0.05) is 12.8 Å². The number of para-hydroxylation sites is 1. The van der Waals surface area contributed by atoms with Crippen LogP contribution in [0.4, 0.5) is 0 Å². The normalized spacial score (nSPS) is 15.2. The van der Waals surface area contributed by atoms with Crippen molar-refractivity contribution >= 4 is 23.5 Å². The number of rotatable bonds is 7. The number of hydrogen-bond acceptors (Lipinski definition) is 4. The predicted octanol–water partition coefficient (Wildman–Crippen LogP) is 4.54. The Labute approximate surface area is 142 Å². The van der Waals surface area contributed by atoms with Gasteiger partial charge in [-0.25, -0.2) is 0 Å². The fourth-order valence-corrected chi connectivity index (χ4v) is 2.89. The Kier molecular flexibility index (Phi) is 7.40. The highest BCUT2D eigenvalue weighted by Gasteiger charge is 2.16. The molecule has 4 nitrogen and oxygen atoms in total. The lowest BCUT2D eigenvalue weighted by molar-refractivity contribution is -0.145. The standard InChI is InChI=1S/C18H23ClO4/c19-15-9-4-5-10-16(15)23-18(21)12-6-11-17(20)22-13-14-7-2-1-3-8-14/h4-5,9-10,14H,1-3,6-8,11-13H2. The predicted molar refractivity (Wildman–Crippen MR) is 88.5 cm³/mol. The van der Waals surface area contributed by atoms with E-state index in [9.17, 15) is 9.59 Å². The Morgan fingerprint density at radius 2 is 1.74 bits per heavy atom. The number of benzene rings is 1. The molecule has 0 radical (unpaired) electrons. The van der Waals surface area contributed by atoms with Gasteiger partial charge in [-0.05, 0) is 37.3 Å². The van der Waals surface area contributed by atoms with Gasteiger partial charge in [0.2, 0.25) is 0 Å². The number of esters is 2. The van der Waals surface area contributed by atoms with E-state index in [0.29, 0.717) is 29.7 Å². The van der Waals surface area contributed by atoms with E-state index in [1.807, 2.05) is 0 Å². The molecule has 1 aromatic carbocycles. The lowest BCUT2D eigenvalue weighted by atomic mass is 9.90. The van der Waals surface area contributed by atoms with Gasteiger partial charge in [-0.1, -0.05) is 43.0 Å². The first-order valence-electron chi connectivity index (χ1n) is 8.26. The van der Waals surface area contributed by atoms with Crippen molar-refractivity contribution in [1.82, 2.24) is 0 Å². The number of carbonyl (C=O) groups excluding carboxylic acids is 2. The van der Waals surface area contributed by atoms with E-state index < -0.39 is 5.97 Å². The Morgan fingerprint density at radius 3 is 2.48 bits per heavy atom. The van der Waals surface area contributed by atoms with Crippen molar-refractivity contribution in [3.8, 4) is 5.75 Å². The SMILES string of the molecule is O=C(CCCC(=O)Oc1ccccc1Cl)OCC1CCCCC1. The fourth-order valence-electron chi connectivity index (χ4n) is 2.72. The van der Waals surface area contributed by atoms with E-state index in [2.05, 4.69) is 0 Å². The molecule has 0 atom stereocenters. The Balaban J connectivity index is 1.59. The third kappa shape index (κ3) is 6.61. The molecule has 126 valence electrons. The summed E-state index contributed by atoms with van der Waals surface area (Å²) in [5.41, 5.74) is 0. The minimum atomic E-state index is -0.391. The van der Waals surface area contributed by atoms with Crippen LogP contribution in [-0.2, 0) is 14.3 Å². The van der Waals surface area contributed by atoms with Crippen LogP contribution in [0.2, 0.25) is 5.02 Å². The minimum absolute atomic E-state index is 0.170. The number of halogens is 1. The number of ether oxygens (including phenoxy) is 2. The van der Waals surface area contributed by atoms with Crippen LogP contribution in [0.15, 0.2) is 24.3 Å². The molecule has 23 heavy (non-hydrogen) atoms. The summed E-state index contributed by atoms with van der Waals surface area (Å²) in [6.07, 6.45) is 6.89. The Bertz CT molecular complexity index is 524. The second kappa shape index (κ2) is 9.56. The van der Waals surface area contributed by atoms with Crippen LogP contribution in [0.25, 0.3) is 0 Å². The van der Waals surface area contributed by atoms with Gasteiger partial charge in [0.05, 0.1) is 11.6 Å². The lowest BCUT2D eigenvalue weighted by Gasteiger charge is -2.20. The molecule has 0 saturated heterocycles. The van der Waals surface area contributed by atoms with E-state index >= 15 is 0 Å². The second-order valence-electron chi connectivity index (χ2n) is 5.95. The maximum Gasteiger partial charge on any atom is 0.311 e. The van der Waals surface area contributed by atoms with Crippen LogP contribution in [0.5, 0.6) is 5.75 Å². The summed E-state index contributed by atoms with van der Waals surface area (Å²) in [7, 11) is 0. The van der Waals surface area contributed by atoms with Crippen LogP contribution in [0.3, 0.4) is 0 Å². The lowest BCUT2D eigenvalue weighted by Crippen LogP contribution is -2.17. The monoisotopic (exact) mass is 338 g/mol. The number of carbonyl (C=O) groups is 2. The first kappa shape index (κ1) is 17.8. The first-order valence-corrected chi connectivity index (χ1v) is 8.64. The van der Waals surface area contributed by atoms with Gasteiger partial charge in [0.15, 0.2) is 0 Å². The molecule has 0 amide bonds. The van der Waals surface area contributed by atoms with Crippen molar-refractivity contribution in [3.05, 3.63) is 29.3 Å². The largest absolute Gasteiger partial charge is 0.465 e. The molecule has 0 bridgehead atoms. The highest BCUT2D eigenvalue weighted by atomic mass is 35.5. The third-order valence-corrected chi connectivity index (χ3v) is 4.34. The van der Waals surface area contributed by atoms with Crippen molar-refractivity contribution in [1.29, 1.82) is 0 Å². The molecule has 1 aromatic rings. The molecule has 0 heterocycles. The molecule has 0 aliphatic heterocycles. The van der Waals surface area contributed by atoms with Gasteiger partial charge >= 0.3 is 11.9 Å². The maximum absolute atomic E-state index is 11.7. The van der Waals surface area contributed by atoms with Crippen LogP contribution in [0.1, 0.15) is 51.4 Å². The minimum Gasteiger partial charge on any atom is -0.465 e. The topological polar surface area (TPSA) is 52.6 Å². The van der Waals surface area contributed by atoms with Gasteiger partial charge < -0.3 is 9.47 Å². The van der Waals surface area contributed by atoms with E-state index in [1.165, 1.54) is 19.3 Å². The van der Waals surface area contributed by atoms with E-state index in [0.717, 1.165) is 12.8 Å². The summed E-state index contributed by atoms with van der Waals surface area (Å²) in [6.45, 7) is 0.517. The molecule has 0 aromatic heterocycles. The van der Waals surface area contributed by atoms with Gasteiger partial charge in [-0.15, -0.1) is 0 Å². The molecule has 2 rings (SSSR count). The van der Waals surface area contributed by atoms with Gasteiger partial charge in [0.25, 0.3) is 0 Å². The van der Waals surface area contributed by atoms with E-state index in [4.69, 9.17) is 21.1 Å². The first-order chi connectivity index (χ1) is 11.1. The molecule has 0 N–H and O–H groups in total. The van der Waals surface area contributed by atoms with Crippen LogP contribution in [0, 0.1) is 5.92 Å². The smallest absolute Gasteiger partial charge is 0.311 e. The molecule has 1 fully saturated rings. The molecule has 5 heteroatoms. The summed E-state index contributed by atoms with van der Waals surface area (Å²) in [4.78, 5) is 23.4. The van der Waals surface area contributed by atoms with Gasteiger partial charge in [-0.3, -0.25) is 9.59 Å². The fraction of sp³-hybridized carbons (Fsp3) is 0.556. The molecule has 0 spiro atoms. The van der Waals surface area contributed by atoms with Gasteiger partial charge in [-0.2, -0.15) is 0 Å². The highest BCUT2D eigenvalue weighted by Crippen LogP contribution is 2.24. The Morgan fingerprint density at radius 1 is 1.04 bits per heavy atom. The average molecular weight is 339 g/mol. The molecule has 1 aliphatic rings. The van der Waals surface area contributed by atoms with Crippen molar-refractivity contribution in [2.45, 2.75) is 51.4 Å². The zero-order valence-corrected chi connectivity index (χ0v) is 14.0.